The molecule has 0 amide bonds. The maximum atomic E-state index is 2.79. The third kappa shape index (κ3) is 17.4. The van der Waals surface area contributed by atoms with Crippen molar-refractivity contribution >= 4 is 0 Å². The van der Waals surface area contributed by atoms with Gasteiger partial charge in [0.05, 0.1) is 0 Å². The van der Waals surface area contributed by atoms with Crippen LogP contribution in [0.2, 0.25) is 0 Å². The molecule has 0 atom stereocenters. The van der Waals surface area contributed by atoms with Crippen LogP contribution in [0.1, 0.15) is 175 Å². The van der Waals surface area contributed by atoms with Crippen LogP contribution in [-0.2, 0) is 0 Å². The maximum absolute atomic E-state index is 2.79. The van der Waals surface area contributed by atoms with Crippen molar-refractivity contribution in [3.05, 3.63) is 0 Å². The Kier molecular flexibility index (Phi) is 21.3. The molecular weight excluding hydrogens is 386 g/mol. The fourth-order valence-electron chi connectivity index (χ4n) is 5.78. The maximum Gasteiger partial charge on any atom is 0.00953 e. The Hall–Kier alpha value is -0.0400. The molecule has 0 spiro atoms. The van der Waals surface area contributed by atoms with Gasteiger partial charge in [-0.25, -0.2) is 0 Å². The van der Waals surface area contributed by atoms with Crippen molar-refractivity contribution in [1.29, 1.82) is 0 Å². The zero-order valence-corrected chi connectivity index (χ0v) is 23.0. The van der Waals surface area contributed by atoms with Crippen molar-refractivity contribution in [2.24, 2.45) is 5.92 Å². The summed E-state index contributed by atoms with van der Waals surface area (Å²) in [5.74, 6) is 0.977. The third-order valence-electron chi connectivity index (χ3n) is 8.21. The Morgan fingerprint density at radius 1 is 0.469 bits per heavy atom. The molecule has 1 nitrogen and oxygen atoms in total. The number of unbranched alkanes of at least 4 members (excludes halogenated alkanes) is 19. The predicted molar refractivity (Wildman–Crippen MR) is 147 cm³/mol. The summed E-state index contributed by atoms with van der Waals surface area (Å²) in [6.45, 7) is 9.73. The van der Waals surface area contributed by atoms with E-state index in [0.29, 0.717) is 0 Å². The van der Waals surface area contributed by atoms with Crippen LogP contribution in [-0.4, -0.2) is 24.0 Å². The summed E-state index contributed by atoms with van der Waals surface area (Å²) in [7, 11) is 0. The second kappa shape index (κ2) is 22.7. The molecule has 1 aliphatic carbocycles. The quantitative estimate of drug-likeness (QED) is 0.140. The van der Waals surface area contributed by atoms with Gasteiger partial charge in [-0.05, 0) is 51.1 Å². The number of hydrogen-bond acceptors (Lipinski definition) is 1. The molecule has 192 valence electrons. The average Bonchev–Trinajstić information content (AvgIpc) is 2.81. The summed E-state index contributed by atoms with van der Waals surface area (Å²) in [5, 5.41) is 0. The zero-order chi connectivity index (χ0) is 23.1. The first-order valence-corrected chi connectivity index (χ1v) is 15.5. The monoisotopic (exact) mass is 449 g/mol. The van der Waals surface area contributed by atoms with Crippen LogP contribution in [0.3, 0.4) is 0 Å². The van der Waals surface area contributed by atoms with E-state index in [1.54, 1.807) is 0 Å². The number of nitrogens with zero attached hydrogens (tertiary/aromatic N) is 1. The van der Waals surface area contributed by atoms with Crippen molar-refractivity contribution in [3.63, 3.8) is 0 Å². The lowest BCUT2D eigenvalue weighted by Gasteiger charge is -2.35. The topological polar surface area (TPSA) is 3.24 Å². The fraction of sp³-hybridized carbons (Fsp3) is 1.00. The molecule has 0 saturated heterocycles. The first-order valence-electron chi connectivity index (χ1n) is 15.5. The van der Waals surface area contributed by atoms with Crippen LogP contribution in [0, 0.1) is 5.92 Å². The van der Waals surface area contributed by atoms with Gasteiger partial charge in [-0.1, -0.05) is 143 Å². The Labute approximate surface area is 204 Å². The Morgan fingerprint density at radius 3 is 1.16 bits per heavy atom. The SMILES string of the molecule is CCCCCCCCCCCCCCCCCCCCCCN(CC)C1CCC(C)CC1. The van der Waals surface area contributed by atoms with E-state index in [9.17, 15) is 0 Å². The molecule has 0 aromatic rings. The second-order valence-electron chi connectivity index (χ2n) is 11.3. The Morgan fingerprint density at radius 2 is 0.812 bits per heavy atom. The van der Waals surface area contributed by atoms with Crippen LogP contribution < -0.4 is 0 Å². The van der Waals surface area contributed by atoms with Crippen LogP contribution in [0.15, 0.2) is 0 Å². The Bertz CT molecular complexity index is 357. The van der Waals surface area contributed by atoms with Gasteiger partial charge in [0.2, 0.25) is 0 Å². The van der Waals surface area contributed by atoms with Crippen molar-refractivity contribution in [3.8, 4) is 0 Å². The number of rotatable bonds is 23. The summed E-state index contributed by atoms with van der Waals surface area (Å²) in [4.78, 5) is 2.79. The van der Waals surface area contributed by atoms with E-state index in [4.69, 9.17) is 0 Å². The van der Waals surface area contributed by atoms with Crippen molar-refractivity contribution < 1.29 is 0 Å². The largest absolute Gasteiger partial charge is 0.301 e. The normalized spacial score (nSPS) is 19.1. The van der Waals surface area contributed by atoms with E-state index in [0.717, 1.165) is 12.0 Å². The smallest absolute Gasteiger partial charge is 0.00953 e. The molecule has 0 unspecified atom stereocenters. The zero-order valence-electron chi connectivity index (χ0n) is 23.0. The van der Waals surface area contributed by atoms with Gasteiger partial charge in [0.1, 0.15) is 0 Å². The first kappa shape index (κ1) is 30.0. The minimum atomic E-state index is 0.900. The van der Waals surface area contributed by atoms with Gasteiger partial charge in [0.15, 0.2) is 0 Å². The summed E-state index contributed by atoms with van der Waals surface area (Å²) in [6, 6.07) is 0.900. The van der Waals surface area contributed by atoms with E-state index in [1.165, 1.54) is 167 Å². The van der Waals surface area contributed by atoms with E-state index in [-0.39, 0.29) is 0 Å². The molecule has 0 aliphatic heterocycles. The van der Waals surface area contributed by atoms with E-state index < -0.39 is 0 Å². The highest BCUT2D eigenvalue weighted by atomic mass is 15.1. The molecule has 1 fully saturated rings. The van der Waals surface area contributed by atoms with Gasteiger partial charge < -0.3 is 4.90 Å². The molecule has 0 heterocycles. The molecule has 0 N–H and O–H groups in total. The molecule has 0 bridgehead atoms. The minimum absolute atomic E-state index is 0.900. The highest BCUT2D eigenvalue weighted by Crippen LogP contribution is 2.27. The highest BCUT2D eigenvalue weighted by molar-refractivity contribution is 4.77. The van der Waals surface area contributed by atoms with E-state index in [2.05, 4.69) is 25.7 Å². The van der Waals surface area contributed by atoms with Gasteiger partial charge >= 0.3 is 0 Å². The van der Waals surface area contributed by atoms with Gasteiger partial charge in [0, 0.05) is 6.04 Å². The molecular formula is C31H63N. The van der Waals surface area contributed by atoms with Gasteiger partial charge in [-0.3, -0.25) is 0 Å². The fourth-order valence-corrected chi connectivity index (χ4v) is 5.78. The van der Waals surface area contributed by atoms with Gasteiger partial charge in [-0.2, -0.15) is 0 Å². The van der Waals surface area contributed by atoms with Crippen LogP contribution in [0.5, 0.6) is 0 Å². The van der Waals surface area contributed by atoms with Crippen molar-refractivity contribution in [2.45, 2.75) is 181 Å². The van der Waals surface area contributed by atoms with E-state index >= 15 is 0 Å². The molecule has 1 heteroatoms. The van der Waals surface area contributed by atoms with Gasteiger partial charge in [0.25, 0.3) is 0 Å². The molecule has 1 aliphatic rings. The third-order valence-corrected chi connectivity index (χ3v) is 8.21. The summed E-state index contributed by atoms with van der Waals surface area (Å²) >= 11 is 0. The second-order valence-corrected chi connectivity index (χ2v) is 11.3. The van der Waals surface area contributed by atoms with Crippen molar-refractivity contribution in [1.82, 2.24) is 4.90 Å². The highest BCUT2D eigenvalue weighted by Gasteiger charge is 2.22. The summed E-state index contributed by atoms with van der Waals surface area (Å²) < 4.78 is 0. The molecule has 0 aromatic heterocycles. The molecule has 32 heavy (non-hydrogen) atoms. The molecule has 0 aromatic carbocycles. The van der Waals surface area contributed by atoms with Gasteiger partial charge in [-0.15, -0.1) is 0 Å². The summed E-state index contributed by atoms with van der Waals surface area (Å²) in [6.07, 6.45) is 35.3. The lowest BCUT2D eigenvalue weighted by atomic mass is 9.86. The lowest BCUT2D eigenvalue weighted by molar-refractivity contribution is 0.143. The predicted octanol–water partition coefficient (Wildman–Crippen LogP) is 10.7. The minimum Gasteiger partial charge on any atom is -0.301 e. The van der Waals surface area contributed by atoms with E-state index in [1.807, 2.05) is 0 Å². The lowest BCUT2D eigenvalue weighted by Crippen LogP contribution is -2.38. The molecule has 1 saturated carbocycles. The standard InChI is InChI=1S/C31H63N/c1-4-6-7-8-9-10-11-12-13-14-15-16-17-18-19-20-21-22-23-24-29-32(5-2)31-27-25-30(3)26-28-31/h30-31H,4-29H2,1-3H3. The van der Waals surface area contributed by atoms with Crippen molar-refractivity contribution in [2.75, 3.05) is 13.1 Å². The van der Waals surface area contributed by atoms with Crippen LogP contribution in [0.25, 0.3) is 0 Å². The molecule has 1 rings (SSSR count). The van der Waals surface area contributed by atoms with Crippen LogP contribution >= 0.6 is 0 Å². The number of hydrogen-bond donors (Lipinski definition) is 0. The van der Waals surface area contributed by atoms with Crippen LogP contribution in [0.4, 0.5) is 0 Å². The Balaban J connectivity index is 1.74. The first-order chi connectivity index (χ1) is 15.8. The molecule has 0 radical (unpaired) electrons. The average molecular weight is 450 g/mol. The summed E-state index contributed by atoms with van der Waals surface area (Å²) in [5.41, 5.74) is 0.